The third-order valence-corrected chi connectivity index (χ3v) is 7.38. The fraction of sp³-hybridized carbons (Fsp3) is 0.448. The molecule has 0 saturated carbocycles. The van der Waals surface area contributed by atoms with Gasteiger partial charge in [-0.2, -0.15) is 4.98 Å². The average Bonchev–Trinajstić information content (AvgIpc) is 3.56. The Morgan fingerprint density at radius 1 is 1.17 bits per heavy atom. The number of aliphatic hydroxyl groups is 1. The van der Waals surface area contributed by atoms with Gasteiger partial charge in [-0.3, -0.25) is 4.79 Å². The predicted molar refractivity (Wildman–Crippen MR) is 152 cm³/mol. The van der Waals surface area contributed by atoms with E-state index >= 15 is 0 Å². The van der Waals surface area contributed by atoms with Gasteiger partial charge in [-0.15, -0.1) is 0 Å². The monoisotopic (exact) mass is 580 g/mol. The van der Waals surface area contributed by atoms with Crippen LogP contribution in [-0.4, -0.2) is 90.6 Å². The summed E-state index contributed by atoms with van der Waals surface area (Å²) < 4.78 is 21.5. The summed E-state index contributed by atoms with van der Waals surface area (Å²) in [7, 11) is 1.37. The second-order valence-electron chi connectivity index (χ2n) is 10.1. The topological polar surface area (TPSA) is 152 Å². The molecule has 224 valence electrons. The first kappa shape index (κ1) is 29.1. The zero-order chi connectivity index (χ0) is 29.5. The standard InChI is InChI=1S/C29H36N6O7/c1-3-40-28-23(6-7-26(33-28)34-8-10-35(11-9-34)29(38)39-2)27(37)32-16-25(36)24-13-19-4-5-21(12-20(19)14-31-24)41-17-22-15-30-18-42-22/h4-7,12,15,18,24-25,31,36H,3,8-11,13-14,16-17H2,1-2H3,(H,32,37)/t24-,25+/m0/s1. The van der Waals surface area contributed by atoms with Gasteiger partial charge in [-0.1, -0.05) is 6.07 Å². The van der Waals surface area contributed by atoms with Crippen molar-refractivity contribution in [3.63, 3.8) is 0 Å². The van der Waals surface area contributed by atoms with Crippen molar-refractivity contribution < 1.29 is 33.3 Å². The van der Waals surface area contributed by atoms with Crippen molar-refractivity contribution in [2.24, 2.45) is 0 Å². The Morgan fingerprint density at radius 3 is 2.74 bits per heavy atom. The van der Waals surface area contributed by atoms with Gasteiger partial charge in [0.25, 0.3) is 5.91 Å². The number of fused-ring (bicyclic) bond motifs is 1. The van der Waals surface area contributed by atoms with Gasteiger partial charge in [0.2, 0.25) is 5.88 Å². The molecule has 2 atom stereocenters. The van der Waals surface area contributed by atoms with E-state index in [0.717, 1.165) is 16.9 Å². The maximum atomic E-state index is 13.1. The molecule has 13 nitrogen and oxygen atoms in total. The summed E-state index contributed by atoms with van der Waals surface area (Å²) in [5.74, 6) is 1.88. The predicted octanol–water partition coefficient (Wildman–Crippen LogP) is 1.74. The maximum absolute atomic E-state index is 13.1. The normalized spacial score (nSPS) is 17.3. The minimum absolute atomic E-state index is 0.0625. The van der Waals surface area contributed by atoms with E-state index in [1.165, 1.54) is 13.5 Å². The van der Waals surface area contributed by atoms with Gasteiger partial charge < -0.3 is 44.2 Å². The minimum Gasteiger partial charge on any atom is -0.486 e. The molecule has 0 radical (unpaired) electrons. The van der Waals surface area contributed by atoms with Crippen LogP contribution in [0.2, 0.25) is 0 Å². The van der Waals surface area contributed by atoms with Gasteiger partial charge in [0, 0.05) is 45.3 Å². The highest BCUT2D eigenvalue weighted by molar-refractivity contribution is 5.96. The summed E-state index contributed by atoms with van der Waals surface area (Å²) in [5, 5.41) is 17.1. The van der Waals surface area contributed by atoms with Gasteiger partial charge in [-0.05, 0) is 48.7 Å². The number of hydrogen-bond donors (Lipinski definition) is 3. The summed E-state index contributed by atoms with van der Waals surface area (Å²) in [5.41, 5.74) is 2.50. The van der Waals surface area contributed by atoms with Gasteiger partial charge >= 0.3 is 6.09 Å². The molecule has 3 N–H and O–H groups in total. The molecule has 2 aliphatic heterocycles. The van der Waals surface area contributed by atoms with E-state index in [1.54, 1.807) is 23.2 Å². The number of rotatable bonds is 10. The fourth-order valence-corrected chi connectivity index (χ4v) is 5.05. The summed E-state index contributed by atoms with van der Waals surface area (Å²) in [4.78, 5) is 37.0. The summed E-state index contributed by atoms with van der Waals surface area (Å²) >= 11 is 0. The number of benzene rings is 1. The number of anilines is 1. The third kappa shape index (κ3) is 6.92. The number of carbonyl (C=O) groups is 2. The van der Waals surface area contributed by atoms with Crippen molar-refractivity contribution in [2.75, 3.05) is 51.3 Å². The number of methoxy groups -OCH3 is 1. The highest BCUT2D eigenvalue weighted by Crippen LogP contribution is 2.25. The SMILES string of the molecule is CCOc1nc(N2CCN(C(=O)OC)CC2)ccc1C(=O)NC[C@@H](O)[C@@H]1Cc2ccc(OCc3cnco3)cc2CN1. The number of aliphatic hydroxyl groups excluding tert-OH is 1. The van der Waals surface area contributed by atoms with Crippen LogP contribution in [0.3, 0.4) is 0 Å². The molecule has 1 aromatic carbocycles. The van der Waals surface area contributed by atoms with Gasteiger partial charge in [0.05, 0.1) is 26.0 Å². The second kappa shape index (κ2) is 13.5. The lowest BCUT2D eigenvalue weighted by Gasteiger charge is -2.34. The van der Waals surface area contributed by atoms with E-state index in [0.29, 0.717) is 69.5 Å². The number of pyridine rings is 1. The zero-order valence-corrected chi connectivity index (χ0v) is 23.7. The Hall–Kier alpha value is -4.36. The van der Waals surface area contributed by atoms with Crippen molar-refractivity contribution in [1.82, 2.24) is 25.5 Å². The van der Waals surface area contributed by atoms with Crippen LogP contribution in [0.4, 0.5) is 10.6 Å². The number of nitrogens with zero attached hydrogens (tertiary/aromatic N) is 4. The number of hydrogen-bond acceptors (Lipinski definition) is 11. The van der Waals surface area contributed by atoms with Crippen LogP contribution >= 0.6 is 0 Å². The van der Waals surface area contributed by atoms with E-state index in [1.807, 2.05) is 30.0 Å². The molecule has 2 aromatic heterocycles. The average molecular weight is 581 g/mol. The quantitative estimate of drug-likeness (QED) is 0.322. The lowest BCUT2D eigenvalue weighted by molar-refractivity contribution is 0.0865. The molecule has 1 fully saturated rings. The molecule has 1 saturated heterocycles. The number of aromatic nitrogens is 2. The molecule has 0 bridgehead atoms. The third-order valence-electron chi connectivity index (χ3n) is 7.38. The molecule has 2 aliphatic rings. The molecule has 5 rings (SSSR count). The van der Waals surface area contributed by atoms with Crippen LogP contribution < -0.4 is 25.0 Å². The first-order valence-electron chi connectivity index (χ1n) is 14.0. The Kier molecular flexibility index (Phi) is 9.39. The van der Waals surface area contributed by atoms with Crippen LogP contribution in [0.25, 0.3) is 0 Å². The van der Waals surface area contributed by atoms with E-state index in [2.05, 4.69) is 20.6 Å². The molecule has 0 unspecified atom stereocenters. The molecule has 0 spiro atoms. The molecule has 0 aliphatic carbocycles. The van der Waals surface area contributed by atoms with E-state index in [4.69, 9.17) is 18.6 Å². The zero-order valence-electron chi connectivity index (χ0n) is 23.7. The minimum atomic E-state index is -0.807. The molecule has 13 heteroatoms. The van der Waals surface area contributed by atoms with Crippen LogP contribution in [0.1, 0.15) is 34.2 Å². The Morgan fingerprint density at radius 2 is 2.00 bits per heavy atom. The first-order valence-corrected chi connectivity index (χ1v) is 14.0. The molecular weight excluding hydrogens is 544 g/mol. The number of amides is 2. The lowest BCUT2D eigenvalue weighted by Crippen LogP contribution is -2.49. The van der Waals surface area contributed by atoms with Crippen LogP contribution in [0.15, 0.2) is 47.3 Å². The largest absolute Gasteiger partial charge is 0.486 e. The number of piperazine rings is 1. The van der Waals surface area contributed by atoms with Crippen molar-refractivity contribution in [1.29, 1.82) is 0 Å². The fourth-order valence-electron chi connectivity index (χ4n) is 5.05. The van der Waals surface area contributed by atoms with Crippen LogP contribution in [0, 0.1) is 0 Å². The lowest BCUT2D eigenvalue weighted by atomic mass is 9.92. The summed E-state index contributed by atoms with van der Waals surface area (Å²) in [6.07, 6.45) is 2.44. The number of ether oxygens (including phenoxy) is 3. The van der Waals surface area contributed by atoms with E-state index in [-0.39, 0.29) is 30.5 Å². The van der Waals surface area contributed by atoms with Gasteiger partial charge in [0.15, 0.2) is 12.2 Å². The van der Waals surface area contributed by atoms with E-state index < -0.39 is 6.10 Å². The Balaban J connectivity index is 1.14. The van der Waals surface area contributed by atoms with Gasteiger partial charge in [0.1, 0.15) is 23.7 Å². The molecule has 3 aromatic rings. The van der Waals surface area contributed by atoms with E-state index in [9.17, 15) is 14.7 Å². The summed E-state index contributed by atoms with van der Waals surface area (Å²) in [6, 6.07) is 9.10. The highest BCUT2D eigenvalue weighted by atomic mass is 16.5. The van der Waals surface area contributed by atoms with Gasteiger partial charge in [-0.25, -0.2) is 9.78 Å². The number of oxazole rings is 1. The second-order valence-corrected chi connectivity index (χ2v) is 10.1. The highest BCUT2D eigenvalue weighted by Gasteiger charge is 2.27. The van der Waals surface area contributed by atoms with Crippen molar-refractivity contribution in [2.45, 2.75) is 38.6 Å². The summed E-state index contributed by atoms with van der Waals surface area (Å²) in [6.45, 7) is 5.28. The smallest absolute Gasteiger partial charge is 0.409 e. The molecule has 2 amide bonds. The van der Waals surface area contributed by atoms with Crippen LogP contribution in [-0.2, 0) is 24.3 Å². The molecular formula is C29H36N6O7. The van der Waals surface area contributed by atoms with Crippen molar-refractivity contribution >= 4 is 17.8 Å². The van der Waals surface area contributed by atoms with Crippen LogP contribution in [0.5, 0.6) is 11.6 Å². The number of carbonyl (C=O) groups excluding carboxylic acids is 2. The number of nitrogens with one attached hydrogen (secondary N) is 2. The maximum Gasteiger partial charge on any atom is 0.409 e. The van der Waals surface area contributed by atoms with Crippen molar-refractivity contribution in [3.05, 3.63) is 65.4 Å². The Labute approximate surface area is 243 Å². The Bertz CT molecular complexity index is 1360. The molecule has 4 heterocycles. The first-order chi connectivity index (χ1) is 20.4. The molecule has 42 heavy (non-hydrogen) atoms. The van der Waals surface area contributed by atoms with Crippen molar-refractivity contribution in [3.8, 4) is 11.6 Å².